The highest BCUT2D eigenvalue weighted by molar-refractivity contribution is 6.46. The third kappa shape index (κ3) is 6.44. The Balaban J connectivity index is 1.97. The first-order valence-corrected chi connectivity index (χ1v) is 12.8. The minimum absolute atomic E-state index is 0.0912. The summed E-state index contributed by atoms with van der Waals surface area (Å²) in [5.74, 6) is -0.739. The highest BCUT2D eigenvalue weighted by Gasteiger charge is 2.45. The summed E-state index contributed by atoms with van der Waals surface area (Å²) >= 11 is 6.00. The number of ketones is 1. The fraction of sp³-hybridized carbons (Fsp3) is 0.429. The van der Waals surface area contributed by atoms with Crippen LogP contribution in [0.15, 0.2) is 54.1 Å². The molecule has 1 fully saturated rings. The zero-order valence-electron chi connectivity index (χ0n) is 20.8. The molecular formula is C28H35ClN2O4. The number of unbranched alkanes of at least 4 members (excludes halogenated alkanes) is 2. The standard InChI is InChI=1S/C28H35ClN2O4/c1-4-7-8-19-35-23-15-11-20(12-16-23)25-24(26(32)21-9-13-22(29)14-10-21)27(33)28(34)31(25)18-17-30(5-2)6-3/h9-16,25,32H,4-8,17-19H2,1-3H3. The van der Waals surface area contributed by atoms with Gasteiger partial charge < -0.3 is 19.6 Å². The summed E-state index contributed by atoms with van der Waals surface area (Å²) in [4.78, 5) is 30.0. The number of aliphatic hydroxyl groups excluding tert-OH is 1. The lowest BCUT2D eigenvalue weighted by Gasteiger charge is -2.28. The van der Waals surface area contributed by atoms with Crippen molar-refractivity contribution in [2.45, 2.75) is 46.1 Å². The van der Waals surface area contributed by atoms with Crippen molar-refractivity contribution in [3.8, 4) is 5.75 Å². The first-order chi connectivity index (χ1) is 16.9. The summed E-state index contributed by atoms with van der Waals surface area (Å²) in [5.41, 5.74) is 1.28. The molecule has 0 aliphatic carbocycles. The van der Waals surface area contributed by atoms with Crippen molar-refractivity contribution in [1.82, 2.24) is 9.80 Å². The minimum Gasteiger partial charge on any atom is -0.507 e. The van der Waals surface area contributed by atoms with Crippen LogP contribution in [0.25, 0.3) is 5.76 Å². The van der Waals surface area contributed by atoms with Crippen molar-refractivity contribution in [2.24, 2.45) is 0 Å². The van der Waals surface area contributed by atoms with Gasteiger partial charge in [-0.15, -0.1) is 0 Å². The molecular weight excluding hydrogens is 464 g/mol. The normalized spacial score (nSPS) is 17.4. The highest BCUT2D eigenvalue weighted by atomic mass is 35.5. The molecule has 35 heavy (non-hydrogen) atoms. The van der Waals surface area contributed by atoms with Crippen LogP contribution in [0.5, 0.6) is 5.75 Å². The number of hydrogen-bond donors (Lipinski definition) is 1. The monoisotopic (exact) mass is 498 g/mol. The Bertz CT molecular complexity index is 1030. The van der Waals surface area contributed by atoms with Crippen molar-refractivity contribution >= 4 is 29.1 Å². The number of nitrogens with zero attached hydrogens (tertiary/aromatic N) is 2. The molecule has 2 aromatic carbocycles. The molecule has 0 radical (unpaired) electrons. The van der Waals surface area contributed by atoms with E-state index in [2.05, 4.69) is 25.7 Å². The zero-order valence-corrected chi connectivity index (χ0v) is 21.6. The van der Waals surface area contributed by atoms with Gasteiger partial charge in [-0.2, -0.15) is 0 Å². The molecule has 3 rings (SSSR count). The molecule has 1 aliphatic heterocycles. The van der Waals surface area contributed by atoms with Crippen LogP contribution in [-0.2, 0) is 9.59 Å². The zero-order chi connectivity index (χ0) is 25.4. The Labute approximate surface area is 213 Å². The second kappa shape index (κ2) is 12.8. The van der Waals surface area contributed by atoms with Crippen molar-refractivity contribution in [1.29, 1.82) is 0 Å². The Morgan fingerprint density at radius 3 is 2.26 bits per heavy atom. The summed E-state index contributed by atoms with van der Waals surface area (Å²) in [5, 5.41) is 11.7. The van der Waals surface area contributed by atoms with Gasteiger partial charge in [0.25, 0.3) is 11.7 Å². The van der Waals surface area contributed by atoms with Crippen LogP contribution in [0, 0.1) is 0 Å². The molecule has 2 aromatic rings. The van der Waals surface area contributed by atoms with Gasteiger partial charge in [-0.05, 0) is 61.5 Å². The summed E-state index contributed by atoms with van der Waals surface area (Å²) in [7, 11) is 0. The van der Waals surface area contributed by atoms with E-state index in [0.717, 1.165) is 43.7 Å². The lowest BCUT2D eigenvalue weighted by molar-refractivity contribution is -0.140. The number of carbonyl (C=O) groups excluding carboxylic acids is 2. The van der Waals surface area contributed by atoms with Crippen LogP contribution in [0.2, 0.25) is 5.02 Å². The molecule has 0 spiro atoms. The first-order valence-electron chi connectivity index (χ1n) is 12.4. The van der Waals surface area contributed by atoms with Crippen molar-refractivity contribution in [3.63, 3.8) is 0 Å². The van der Waals surface area contributed by atoms with Gasteiger partial charge in [0.1, 0.15) is 11.5 Å². The minimum atomic E-state index is -0.685. The predicted octanol–water partition coefficient (Wildman–Crippen LogP) is 5.67. The van der Waals surface area contributed by atoms with E-state index in [1.54, 1.807) is 29.2 Å². The molecule has 1 amide bonds. The number of amides is 1. The third-order valence-electron chi connectivity index (χ3n) is 6.42. The number of hydrogen-bond acceptors (Lipinski definition) is 5. The largest absolute Gasteiger partial charge is 0.507 e. The molecule has 0 bridgehead atoms. The maximum atomic E-state index is 13.2. The summed E-state index contributed by atoms with van der Waals surface area (Å²) in [6.45, 7) is 9.63. The third-order valence-corrected chi connectivity index (χ3v) is 6.67. The highest BCUT2D eigenvalue weighted by Crippen LogP contribution is 2.39. The van der Waals surface area contributed by atoms with Gasteiger partial charge in [0.05, 0.1) is 18.2 Å². The molecule has 1 saturated heterocycles. The van der Waals surface area contributed by atoms with E-state index in [1.807, 2.05) is 24.3 Å². The maximum absolute atomic E-state index is 13.2. The fourth-order valence-corrected chi connectivity index (χ4v) is 4.42. The van der Waals surface area contributed by atoms with E-state index in [9.17, 15) is 14.7 Å². The molecule has 1 unspecified atom stereocenters. The number of likely N-dealkylation sites (N-methyl/N-ethyl adjacent to an activating group) is 1. The van der Waals surface area contributed by atoms with Gasteiger partial charge in [-0.3, -0.25) is 9.59 Å². The molecule has 0 saturated carbocycles. The fourth-order valence-electron chi connectivity index (χ4n) is 4.30. The van der Waals surface area contributed by atoms with E-state index < -0.39 is 17.7 Å². The smallest absolute Gasteiger partial charge is 0.295 e. The van der Waals surface area contributed by atoms with Gasteiger partial charge in [0.15, 0.2) is 0 Å². The summed E-state index contributed by atoms with van der Waals surface area (Å²) < 4.78 is 5.83. The molecule has 1 N–H and O–H groups in total. The second-order valence-electron chi connectivity index (χ2n) is 8.65. The van der Waals surface area contributed by atoms with Crippen LogP contribution in [-0.4, -0.2) is 59.4 Å². The van der Waals surface area contributed by atoms with Gasteiger partial charge in [-0.1, -0.05) is 57.3 Å². The molecule has 7 heteroatoms. The number of aliphatic hydroxyl groups is 1. The van der Waals surface area contributed by atoms with Crippen LogP contribution in [0.3, 0.4) is 0 Å². The second-order valence-corrected chi connectivity index (χ2v) is 9.09. The van der Waals surface area contributed by atoms with E-state index in [-0.39, 0.29) is 11.3 Å². The number of rotatable bonds is 12. The molecule has 0 aromatic heterocycles. The Morgan fingerprint density at radius 1 is 1.00 bits per heavy atom. The van der Waals surface area contributed by atoms with Crippen LogP contribution in [0.1, 0.15) is 57.2 Å². The topological polar surface area (TPSA) is 70.1 Å². The van der Waals surface area contributed by atoms with E-state index in [4.69, 9.17) is 16.3 Å². The molecule has 6 nitrogen and oxygen atoms in total. The number of ether oxygens (including phenoxy) is 1. The maximum Gasteiger partial charge on any atom is 0.295 e. The average Bonchev–Trinajstić information content (AvgIpc) is 3.12. The van der Waals surface area contributed by atoms with Gasteiger partial charge in [-0.25, -0.2) is 0 Å². The number of halogens is 1. The van der Waals surface area contributed by atoms with Crippen molar-refractivity contribution < 1.29 is 19.4 Å². The lowest BCUT2D eigenvalue weighted by atomic mass is 9.95. The average molecular weight is 499 g/mol. The number of Topliss-reactive ketones (excluding diaryl/α,β-unsaturated/α-hetero) is 1. The van der Waals surface area contributed by atoms with Gasteiger partial charge >= 0.3 is 0 Å². The van der Waals surface area contributed by atoms with Crippen molar-refractivity contribution in [3.05, 3.63) is 70.3 Å². The Morgan fingerprint density at radius 2 is 1.66 bits per heavy atom. The van der Waals surface area contributed by atoms with Crippen LogP contribution in [0.4, 0.5) is 0 Å². The number of carbonyl (C=O) groups is 2. The van der Waals surface area contributed by atoms with Gasteiger partial charge in [0.2, 0.25) is 0 Å². The summed E-state index contributed by atoms with van der Waals surface area (Å²) in [6, 6.07) is 13.3. The number of benzene rings is 2. The SMILES string of the molecule is CCCCCOc1ccc(C2C(=C(O)c3ccc(Cl)cc3)C(=O)C(=O)N2CCN(CC)CC)cc1. The first kappa shape index (κ1) is 26.8. The van der Waals surface area contributed by atoms with Crippen LogP contribution >= 0.6 is 11.6 Å². The number of likely N-dealkylation sites (tertiary alicyclic amines) is 1. The lowest BCUT2D eigenvalue weighted by Crippen LogP contribution is -2.38. The van der Waals surface area contributed by atoms with Gasteiger partial charge in [0, 0.05) is 23.7 Å². The van der Waals surface area contributed by atoms with E-state index >= 15 is 0 Å². The van der Waals surface area contributed by atoms with Crippen molar-refractivity contribution in [2.75, 3.05) is 32.8 Å². The molecule has 188 valence electrons. The van der Waals surface area contributed by atoms with E-state index in [0.29, 0.717) is 30.3 Å². The predicted molar refractivity (Wildman–Crippen MR) is 140 cm³/mol. The van der Waals surface area contributed by atoms with E-state index in [1.165, 1.54) is 0 Å². The molecule has 1 heterocycles. The molecule has 1 aliphatic rings. The Hall–Kier alpha value is -2.83. The Kier molecular flexibility index (Phi) is 9.75. The molecule has 1 atom stereocenters. The summed E-state index contributed by atoms with van der Waals surface area (Å²) in [6.07, 6.45) is 3.23. The van der Waals surface area contributed by atoms with Crippen LogP contribution < -0.4 is 4.74 Å². The quantitative estimate of drug-likeness (QED) is 0.177.